The first kappa shape index (κ1) is 13.5. The number of nitriles is 1. The Morgan fingerprint density at radius 1 is 1.35 bits per heavy atom. The zero-order chi connectivity index (χ0) is 14.1. The fourth-order valence-electron chi connectivity index (χ4n) is 1.96. The van der Waals surface area contributed by atoms with E-state index in [0.29, 0.717) is 10.6 Å². The Hall–Kier alpha value is -1.43. The third kappa shape index (κ3) is 2.32. The summed E-state index contributed by atoms with van der Waals surface area (Å²) in [5, 5.41) is 11.3. The predicted molar refractivity (Wildman–Crippen MR) is 92.7 cm³/mol. The lowest BCUT2D eigenvalue weighted by Gasteiger charge is -2.03. The number of nitrogen functional groups attached to an aromatic ring is 1. The van der Waals surface area contributed by atoms with Crippen LogP contribution in [0.3, 0.4) is 0 Å². The molecule has 0 fully saturated rings. The van der Waals surface area contributed by atoms with E-state index in [1.54, 1.807) is 23.7 Å². The first-order valence-corrected chi connectivity index (χ1v) is 8.45. The summed E-state index contributed by atoms with van der Waals surface area (Å²) in [5.74, 6) is 0. The van der Waals surface area contributed by atoms with Gasteiger partial charge < -0.3 is 5.73 Å². The lowest BCUT2D eigenvalue weighted by molar-refractivity contribution is 1.33. The Bertz CT molecular complexity index is 800. The van der Waals surface area contributed by atoms with Crippen LogP contribution in [0.1, 0.15) is 4.88 Å². The number of aromatic nitrogens is 1. The van der Waals surface area contributed by atoms with Gasteiger partial charge in [-0.2, -0.15) is 5.26 Å². The van der Waals surface area contributed by atoms with Crippen molar-refractivity contribution < 1.29 is 0 Å². The zero-order valence-corrected chi connectivity index (χ0v) is 13.9. The fourth-order valence-corrected chi connectivity index (χ4v) is 4.40. The van der Waals surface area contributed by atoms with Crippen molar-refractivity contribution >= 4 is 51.0 Å². The highest BCUT2D eigenvalue weighted by atomic mass is 127. The smallest absolute Gasteiger partial charge is 0.129 e. The summed E-state index contributed by atoms with van der Waals surface area (Å²) in [5.41, 5.74) is 9.66. The van der Waals surface area contributed by atoms with E-state index in [9.17, 15) is 5.26 Å². The standard InChI is InChI=1S/C14H8IN3S2/c15-11-4-9(7-19-11)14-12(8-2-1-3-18-6-8)13(17)10(5-16)20-14/h1-4,6-7H,17H2. The zero-order valence-electron chi connectivity index (χ0n) is 10.1. The number of pyridine rings is 1. The maximum atomic E-state index is 9.22. The molecule has 0 radical (unpaired) electrons. The minimum absolute atomic E-state index is 0.543. The molecule has 0 aromatic carbocycles. The van der Waals surface area contributed by atoms with Gasteiger partial charge in [0.2, 0.25) is 0 Å². The Morgan fingerprint density at radius 2 is 2.20 bits per heavy atom. The summed E-state index contributed by atoms with van der Waals surface area (Å²) in [4.78, 5) is 5.73. The Labute approximate surface area is 137 Å². The summed E-state index contributed by atoms with van der Waals surface area (Å²) in [6.45, 7) is 0. The molecule has 3 aromatic rings. The fraction of sp³-hybridized carbons (Fsp3) is 0. The minimum atomic E-state index is 0.543. The highest BCUT2D eigenvalue weighted by Crippen LogP contribution is 2.45. The van der Waals surface area contributed by atoms with E-state index in [1.807, 2.05) is 12.1 Å². The number of rotatable bonds is 2. The number of nitrogens with zero attached hydrogens (tertiary/aromatic N) is 2. The molecule has 6 heteroatoms. The largest absolute Gasteiger partial charge is 0.396 e. The molecule has 0 amide bonds. The second-order valence-corrected chi connectivity index (χ2v) is 7.87. The monoisotopic (exact) mass is 409 g/mol. The van der Waals surface area contributed by atoms with Crippen LogP contribution in [-0.4, -0.2) is 4.98 Å². The maximum Gasteiger partial charge on any atom is 0.129 e. The summed E-state index contributed by atoms with van der Waals surface area (Å²) in [6.07, 6.45) is 3.50. The predicted octanol–water partition coefficient (Wildman–Crippen LogP) is 4.60. The molecule has 3 heterocycles. The van der Waals surface area contributed by atoms with Crippen LogP contribution in [0.25, 0.3) is 21.6 Å². The molecule has 0 unspecified atom stereocenters. The van der Waals surface area contributed by atoms with Crippen LogP contribution < -0.4 is 5.73 Å². The van der Waals surface area contributed by atoms with Gasteiger partial charge in [-0.15, -0.1) is 22.7 Å². The first-order chi connectivity index (χ1) is 9.70. The van der Waals surface area contributed by atoms with Crippen LogP contribution in [-0.2, 0) is 0 Å². The minimum Gasteiger partial charge on any atom is -0.396 e. The Balaban J connectivity index is 2.28. The molecule has 3 nitrogen and oxygen atoms in total. The van der Waals surface area contributed by atoms with Gasteiger partial charge in [0.15, 0.2) is 0 Å². The van der Waals surface area contributed by atoms with Gasteiger partial charge in [0, 0.05) is 39.3 Å². The average Bonchev–Trinajstić information content (AvgIpc) is 3.03. The normalized spacial score (nSPS) is 10.4. The Morgan fingerprint density at radius 3 is 2.80 bits per heavy atom. The number of hydrogen-bond acceptors (Lipinski definition) is 5. The molecule has 0 saturated heterocycles. The molecule has 0 bridgehead atoms. The summed E-state index contributed by atoms with van der Waals surface area (Å²) in [6, 6.07) is 8.13. The van der Waals surface area contributed by atoms with Crippen LogP contribution in [0, 0.1) is 14.2 Å². The van der Waals surface area contributed by atoms with Gasteiger partial charge in [-0.25, -0.2) is 0 Å². The molecule has 0 aliphatic carbocycles. The average molecular weight is 409 g/mol. The van der Waals surface area contributed by atoms with Crippen molar-refractivity contribution in [2.45, 2.75) is 0 Å². The van der Waals surface area contributed by atoms with Crippen LogP contribution >= 0.6 is 45.3 Å². The van der Waals surface area contributed by atoms with Crippen LogP contribution in [0.15, 0.2) is 36.0 Å². The van der Waals surface area contributed by atoms with Crippen molar-refractivity contribution in [1.29, 1.82) is 5.26 Å². The second-order valence-electron chi connectivity index (χ2n) is 4.04. The molecule has 3 rings (SSSR count). The highest BCUT2D eigenvalue weighted by molar-refractivity contribution is 14.1. The van der Waals surface area contributed by atoms with Crippen molar-refractivity contribution in [3.63, 3.8) is 0 Å². The third-order valence-electron chi connectivity index (χ3n) is 2.83. The van der Waals surface area contributed by atoms with E-state index < -0.39 is 0 Å². The van der Waals surface area contributed by atoms with Gasteiger partial charge in [0.05, 0.1) is 8.57 Å². The van der Waals surface area contributed by atoms with E-state index in [1.165, 1.54) is 14.2 Å². The topological polar surface area (TPSA) is 62.7 Å². The third-order valence-corrected chi connectivity index (χ3v) is 5.77. The van der Waals surface area contributed by atoms with Gasteiger partial charge in [-0.05, 0) is 34.7 Å². The number of halogens is 1. The van der Waals surface area contributed by atoms with Gasteiger partial charge in [-0.3, -0.25) is 4.98 Å². The maximum absolute atomic E-state index is 9.22. The van der Waals surface area contributed by atoms with E-state index in [-0.39, 0.29) is 0 Å². The number of thiophene rings is 2. The highest BCUT2D eigenvalue weighted by Gasteiger charge is 2.19. The molecule has 0 atom stereocenters. The molecule has 3 aromatic heterocycles. The quantitative estimate of drug-likeness (QED) is 0.630. The summed E-state index contributed by atoms with van der Waals surface area (Å²) >= 11 is 5.41. The molecule has 0 spiro atoms. The van der Waals surface area contributed by atoms with Crippen molar-refractivity contribution in [3.8, 4) is 27.6 Å². The molecule has 20 heavy (non-hydrogen) atoms. The van der Waals surface area contributed by atoms with Crippen molar-refractivity contribution in [2.24, 2.45) is 0 Å². The van der Waals surface area contributed by atoms with E-state index in [2.05, 4.69) is 45.1 Å². The lowest BCUT2D eigenvalue weighted by Crippen LogP contribution is -1.89. The van der Waals surface area contributed by atoms with Crippen LogP contribution in [0.5, 0.6) is 0 Å². The van der Waals surface area contributed by atoms with Gasteiger partial charge in [0.25, 0.3) is 0 Å². The summed E-state index contributed by atoms with van der Waals surface area (Å²) in [7, 11) is 0. The lowest BCUT2D eigenvalue weighted by atomic mass is 10.0. The Kier molecular flexibility index (Phi) is 3.74. The number of nitrogens with two attached hydrogens (primary N) is 1. The molecule has 2 N–H and O–H groups in total. The van der Waals surface area contributed by atoms with Crippen LogP contribution in [0.4, 0.5) is 5.69 Å². The molecule has 0 aliphatic heterocycles. The molecule has 98 valence electrons. The van der Waals surface area contributed by atoms with Gasteiger partial charge in [0.1, 0.15) is 10.9 Å². The summed E-state index contributed by atoms with van der Waals surface area (Å²) < 4.78 is 1.21. The van der Waals surface area contributed by atoms with Crippen molar-refractivity contribution in [2.75, 3.05) is 5.73 Å². The van der Waals surface area contributed by atoms with Gasteiger partial charge in [-0.1, -0.05) is 6.07 Å². The second kappa shape index (κ2) is 5.52. The molecular formula is C14H8IN3S2. The number of hydrogen-bond donors (Lipinski definition) is 1. The molecule has 0 saturated carbocycles. The molecule has 0 aliphatic rings. The van der Waals surface area contributed by atoms with Crippen LogP contribution in [0.2, 0.25) is 0 Å². The van der Waals surface area contributed by atoms with E-state index in [0.717, 1.165) is 21.6 Å². The van der Waals surface area contributed by atoms with E-state index >= 15 is 0 Å². The SMILES string of the molecule is N#Cc1sc(-c2csc(I)c2)c(-c2cccnc2)c1N. The number of anilines is 1. The van der Waals surface area contributed by atoms with E-state index in [4.69, 9.17) is 5.73 Å². The molecular weight excluding hydrogens is 401 g/mol. The van der Waals surface area contributed by atoms with Gasteiger partial charge >= 0.3 is 0 Å². The van der Waals surface area contributed by atoms with Crippen molar-refractivity contribution in [3.05, 3.63) is 43.7 Å². The van der Waals surface area contributed by atoms with Crippen molar-refractivity contribution in [1.82, 2.24) is 4.98 Å². The first-order valence-electron chi connectivity index (χ1n) is 5.68.